The molecule has 186 valence electrons. The number of carbonyl (C=O) groups is 2. The molecule has 1 aliphatic carbocycles. The highest BCUT2D eigenvalue weighted by Gasteiger charge is 2.48. The van der Waals surface area contributed by atoms with Crippen molar-refractivity contribution in [1.82, 2.24) is 19.7 Å². The second-order valence-electron chi connectivity index (χ2n) is 11.2. The van der Waals surface area contributed by atoms with Gasteiger partial charge in [0.05, 0.1) is 18.3 Å². The van der Waals surface area contributed by atoms with Crippen LogP contribution in [-0.4, -0.2) is 63.4 Å². The highest BCUT2D eigenvalue weighted by molar-refractivity contribution is 6.02. The molecule has 2 aromatic rings. The molecule has 4 heterocycles. The van der Waals surface area contributed by atoms with Crippen molar-refractivity contribution in [3.63, 3.8) is 0 Å². The van der Waals surface area contributed by atoms with Gasteiger partial charge in [-0.05, 0) is 71.3 Å². The summed E-state index contributed by atoms with van der Waals surface area (Å²) in [6, 6.07) is 4.52. The molecular weight excluding hydrogens is 428 g/mol. The third-order valence-electron chi connectivity index (χ3n) is 8.66. The summed E-state index contributed by atoms with van der Waals surface area (Å²) in [6.45, 7) is 9.67. The second kappa shape index (κ2) is 9.40. The lowest BCUT2D eigenvalue weighted by molar-refractivity contribution is -0.133. The van der Waals surface area contributed by atoms with Crippen LogP contribution < -0.4 is 5.32 Å². The van der Waals surface area contributed by atoms with Crippen LogP contribution >= 0.6 is 0 Å². The Morgan fingerprint density at radius 1 is 1.15 bits per heavy atom. The minimum Gasteiger partial charge on any atom is -0.463 e. The summed E-state index contributed by atoms with van der Waals surface area (Å²) >= 11 is 0. The molecule has 2 aromatic heterocycles. The van der Waals surface area contributed by atoms with E-state index in [-0.39, 0.29) is 17.9 Å². The van der Waals surface area contributed by atoms with Crippen LogP contribution in [-0.2, 0) is 11.3 Å². The monoisotopic (exact) mass is 468 g/mol. The summed E-state index contributed by atoms with van der Waals surface area (Å²) in [6.07, 6.45) is 10.7. The molecule has 0 spiro atoms. The second-order valence-corrected chi connectivity index (χ2v) is 11.2. The largest absolute Gasteiger partial charge is 0.463 e. The summed E-state index contributed by atoms with van der Waals surface area (Å²) in [5.41, 5.74) is 1.29. The lowest BCUT2D eigenvalue weighted by atomic mass is 9.86. The molecule has 2 amide bonds. The zero-order valence-electron chi connectivity index (χ0n) is 21.0. The molecular formula is C27H40N4O3. The minimum absolute atomic E-state index is 0.0252. The Hall–Kier alpha value is -2.28. The zero-order chi connectivity index (χ0) is 23.9. The fraction of sp³-hybridized carbons (Fsp3) is 0.704. The van der Waals surface area contributed by atoms with Gasteiger partial charge in [0.15, 0.2) is 5.58 Å². The van der Waals surface area contributed by atoms with E-state index in [0.717, 1.165) is 56.6 Å². The first-order valence-corrected chi connectivity index (χ1v) is 13.3. The Bertz CT molecular complexity index is 1030. The number of amides is 2. The van der Waals surface area contributed by atoms with Crippen LogP contribution in [0.25, 0.3) is 11.1 Å². The molecule has 2 aliphatic heterocycles. The third-order valence-corrected chi connectivity index (χ3v) is 8.66. The van der Waals surface area contributed by atoms with Crippen LogP contribution in [0.4, 0.5) is 0 Å². The van der Waals surface area contributed by atoms with Crippen LogP contribution in [0.1, 0.15) is 82.6 Å². The van der Waals surface area contributed by atoms with Crippen molar-refractivity contribution in [3.8, 4) is 0 Å². The number of fused-ring (bicyclic) bond motifs is 3. The predicted octanol–water partition coefficient (Wildman–Crippen LogP) is 4.41. The van der Waals surface area contributed by atoms with E-state index < -0.39 is 5.54 Å². The average molecular weight is 469 g/mol. The topological polar surface area (TPSA) is 70.7 Å². The summed E-state index contributed by atoms with van der Waals surface area (Å²) in [4.78, 5) is 31.9. The SMILES string of the molecule is CC1CCC(NC(=O)C2(C)Cn3c(cc4occc43)C(=O)N2CCCN2CCCCC2C)CC1. The number of nitrogens with zero attached hydrogens (tertiary/aromatic N) is 3. The van der Waals surface area contributed by atoms with Crippen molar-refractivity contribution >= 4 is 22.9 Å². The van der Waals surface area contributed by atoms with Gasteiger partial charge in [0.25, 0.3) is 5.91 Å². The Morgan fingerprint density at radius 3 is 2.71 bits per heavy atom. The predicted molar refractivity (Wildman–Crippen MR) is 133 cm³/mol. The number of piperidine rings is 1. The molecule has 0 bridgehead atoms. The van der Waals surface area contributed by atoms with E-state index in [9.17, 15) is 9.59 Å². The van der Waals surface area contributed by atoms with Gasteiger partial charge in [-0.1, -0.05) is 13.3 Å². The molecule has 0 radical (unpaired) electrons. The van der Waals surface area contributed by atoms with E-state index in [1.807, 2.05) is 28.5 Å². The van der Waals surface area contributed by atoms with Crippen LogP contribution in [0.2, 0.25) is 0 Å². The van der Waals surface area contributed by atoms with Gasteiger partial charge in [0, 0.05) is 37.3 Å². The van der Waals surface area contributed by atoms with Crippen LogP contribution in [0.3, 0.4) is 0 Å². The van der Waals surface area contributed by atoms with E-state index in [2.05, 4.69) is 24.1 Å². The van der Waals surface area contributed by atoms with Crippen molar-refractivity contribution < 1.29 is 14.0 Å². The van der Waals surface area contributed by atoms with Gasteiger partial charge >= 0.3 is 0 Å². The normalized spacial score (nSPS) is 30.5. The van der Waals surface area contributed by atoms with E-state index in [4.69, 9.17) is 4.42 Å². The Morgan fingerprint density at radius 2 is 1.94 bits per heavy atom. The van der Waals surface area contributed by atoms with E-state index in [0.29, 0.717) is 30.4 Å². The molecule has 34 heavy (non-hydrogen) atoms. The Labute approximate surface area is 202 Å². The van der Waals surface area contributed by atoms with Crippen LogP contribution in [0.15, 0.2) is 22.8 Å². The molecule has 7 nitrogen and oxygen atoms in total. The number of hydrogen-bond acceptors (Lipinski definition) is 4. The van der Waals surface area contributed by atoms with Gasteiger partial charge in [0.1, 0.15) is 11.2 Å². The molecule has 1 N–H and O–H groups in total. The summed E-state index contributed by atoms with van der Waals surface area (Å²) in [7, 11) is 0. The summed E-state index contributed by atoms with van der Waals surface area (Å²) in [5, 5.41) is 3.33. The highest BCUT2D eigenvalue weighted by atomic mass is 16.3. The average Bonchev–Trinajstić information content (AvgIpc) is 3.41. The standard InChI is InChI=1S/C27H40N4O3/c1-19-8-10-21(11-9-19)28-26(33)27(3)18-30-22-12-16-34-24(22)17-23(30)25(32)31(27)15-6-14-29-13-5-4-7-20(29)2/h12,16-17,19-21H,4-11,13-15,18H2,1-3H3,(H,28,33). The first-order valence-electron chi connectivity index (χ1n) is 13.3. The van der Waals surface area contributed by atoms with Gasteiger partial charge in [-0.3, -0.25) is 9.59 Å². The Kier molecular flexibility index (Phi) is 6.49. The molecule has 1 saturated carbocycles. The number of aromatic nitrogens is 1. The van der Waals surface area contributed by atoms with Gasteiger partial charge in [-0.25, -0.2) is 0 Å². The maximum atomic E-state index is 13.8. The number of furan rings is 1. The van der Waals surface area contributed by atoms with E-state index in [1.54, 1.807) is 6.26 Å². The molecule has 3 aliphatic rings. The number of hydrogen-bond donors (Lipinski definition) is 1. The fourth-order valence-corrected chi connectivity index (χ4v) is 6.29. The van der Waals surface area contributed by atoms with Gasteiger partial charge in [-0.15, -0.1) is 0 Å². The number of rotatable bonds is 6. The van der Waals surface area contributed by atoms with E-state index >= 15 is 0 Å². The highest BCUT2D eigenvalue weighted by Crippen LogP contribution is 2.34. The van der Waals surface area contributed by atoms with Crippen molar-refractivity contribution in [2.45, 2.75) is 96.3 Å². The smallest absolute Gasteiger partial charge is 0.271 e. The lowest BCUT2D eigenvalue weighted by Gasteiger charge is -2.45. The van der Waals surface area contributed by atoms with Crippen molar-refractivity contribution in [3.05, 3.63) is 24.1 Å². The molecule has 0 aromatic carbocycles. The third kappa shape index (κ3) is 4.28. The molecule has 1 saturated heterocycles. The molecule has 2 atom stereocenters. The first-order chi connectivity index (χ1) is 16.4. The zero-order valence-corrected chi connectivity index (χ0v) is 21.0. The van der Waals surface area contributed by atoms with E-state index in [1.165, 1.54) is 19.3 Å². The quantitative estimate of drug-likeness (QED) is 0.682. The van der Waals surface area contributed by atoms with Gasteiger partial charge in [0.2, 0.25) is 5.91 Å². The lowest BCUT2D eigenvalue weighted by Crippen LogP contribution is -2.65. The summed E-state index contributed by atoms with van der Waals surface area (Å²) < 4.78 is 7.57. The van der Waals surface area contributed by atoms with Crippen molar-refractivity contribution in [1.29, 1.82) is 0 Å². The minimum atomic E-state index is -0.927. The van der Waals surface area contributed by atoms with Crippen molar-refractivity contribution in [2.75, 3.05) is 19.6 Å². The molecule has 7 heteroatoms. The van der Waals surface area contributed by atoms with Crippen LogP contribution in [0.5, 0.6) is 0 Å². The first kappa shape index (κ1) is 23.5. The Balaban J connectivity index is 1.37. The maximum absolute atomic E-state index is 13.8. The number of carbonyl (C=O) groups excluding carboxylic acids is 2. The molecule has 2 fully saturated rings. The summed E-state index contributed by atoms with van der Waals surface area (Å²) in [5.74, 6) is 0.632. The van der Waals surface area contributed by atoms with Crippen molar-refractivity contribution in [2.24, 2.45) is 5.92 Å². The number of likely N-dealkylation sites (tertiary alicyclic amines) is 1. The number of nitrogens with one attached hydrogen (secondary N) is 1. The maximum Gasteiger partial charge on any atom is 0.271 e. The molecule has 2 unspecified atom stereocenters. The molecule has 5 rings (SSSR count). The van der Waals surface area contributed by atoms with Crippen LogP contribution in [0, 0.1) is 5.92 Å². The fourth-order valence-electron chi connectivity index (χ4n) is 6.29. The van der Waals surface area contributed by atoms with Gasteiger partial charge < -0.3 is 24.1 Å². The van der Waals surface area contributed by atoms with Gasteiger partial charge in [-0.2, -0.15) is 0 Å².